The van der Waals surface area contributed by atoms with Gasteiger partial charge in [-0.1, -0.05) is 11.6 Å². The van der Waals surface area contributed by atoms with E-state index in [2.05, 4.69) is 15.0 Å². The number of hydrogen-bond donors (Lipinski definition) is 2. The van der Waals surface area contributed by atoms with E-state index in [4.69, 9.17) is 11.6 Å². The highest BCUT2D eigenvalue weighted by atomic mass is 35.5. The standard InChI is InChI=1S/C20H20ClFN4O3S/c1-13-3-6-16(26(13)2)12-24-20(27)14-4-5-15(23-10-14)11-25-30(28,29)17-7-8-19(22)18(21)9-17/h3-10,25H,11-12H2,1-2H3,(H,24,27). The second-order valence-electron chi connectivity index (χ2n) is 6.65. The van der Waals surface area contributed by atoms with Crippen molar-refractivity contribution in [3.8, 4) is 0 Å². The molecule has 0 spiro atoms. The van der Waals surface area contributed by atoms with Gasteiger partial charge in [0.05, 0.1) is 34.3 Å². The van der Waals surface area contributed by atoms with Gasteiger partial charge in [0.15, 0.2) is 0 Å². The summed E-state index contributed by atoms with van der Waals surface area (Å²) >= 11 is 5.64. The van der Waals surface area contributed by atoms with Gasteiger partial charge in [0.2, 0.25) is 10.0 Å². The first-order chi connectivity index (χ1) is 14.2. The Bertz CT molecular complexity index is 1180. The molecule has 2 heterocycles. The Morgan fingerprint density at radius 1 is 1.17 bits per heavy atom. The van der Waals surface area contributed by atoms with E-state index in [1.54, 1.807) is 12.1 Å². The Morgan fingerprint density at radius 3 is 2.53 bits per heavy atom. The van der Waals surface area contributed by atoms with E-state index in [1.807, 2.05) is 30.7 Å². The topological polar surface area (TPSA) is 93.1 Å². The molecule has 0 fully saturated rings. The molecule has 1 amide bonds. The number of benzene rings is 1. The lowest BCUT2D eigenvalue weighted by Crippen LogP contribution is -2.25. The number of sulfonamides is 1. The highest BCUT2D eigenvalue weighted by Crippen LogP contribution is 2.19. The molecule has 3 rings (SSSR count). The normalized spacial score (nSPS) is 11.5. The molecule has 2 N–H and O–H groups in total. The van der Waals surface area contributed by atoms with Crippen LogP contribution in [0.2, 0.25) is 5.02 Å². The van der Waals surface area contributed by atoms with Crippen molar-refractivity contribution in [3.63, 3.8) is 0 Å². The van der Waals surface area contributed by atoms with Gasteiger partial charge in [0, 0.05) is 24.6 Å². The number of nitrogens with one attached hydrogen (secondary N) is 2. The lowest BCUT2D eigenvalue weighted by atomic mass is 10.2. The molecule has 0 unspecified atom stereocenters. The van der Waals surface area contributed by atoms with Gasteiger partial charge in [0.25, 0.3) is 5.91 Å². The van der Waals surface area contributed by atoms with Crippen LogP contribution < -0.4 is 10.0 Å². The Hall–Kier alpha value is -2.75. The van der Waals surface area contributed by atoms with Crippen molar-refractivity contribution in [2.75, 3.05) is 0 Å². The molecule has 10 heteroatoms. The largest absolute Gasteiger partial charge is 0.350 e. The van der Waals surface area contributed by atoms with Gasteiger partial charge in [-0.05, 0) is 49.4 Å². The zero-order valence-corrected chi connectivity index (χ0v) is 17.9. The van der Waals surface area contributed by atoms with Crippen LogP contribution in [0.5, 0.6) is 0 Å². The SMILES string of the molecule is Cc1ccc(CNC(=O)c2ccc(CNS(=O)(=O)c3ccc(F)c(Cl)c3)nc2)n1C. The quantitative estimate of drug-likeness (QED) is 0.578. The molecule has 0 atom stereocenters. The Labute approximate surface area is 178 Å². The highest BCUT2D eigenvalue weighted by molar-refractivity contribution is 7.89. The van der Waals surface area contributed by atoms with Crippen LogP contribution in [0.1, 0.15) is 27.4 Å². The van der Waals surface area contributed by atoms with Gasteiger partial charge >= 0.3 is 0 Å². The van der Waals surface area contributed by atoms with Gasteiger partial charge < -0.3 is 9.88 Å². The number of carbonyl (C=O) groups excluding carboxylic acids is 1. The molecular weight excluding hydrogens is 431 g/mol. The van der Waals surface area contributed by atoms with Crippen molar-refractivity contribution >= 4 is 27.5 Å². The third-order valence-corrected chi connectivity index (χ3v) is 6.33. The molecule has 1 aromatic carbocycles. The summed E-state index contributed by atoms with van der Waals surface area (Å²) in [5.41, 5.74) is 2.84. The number of aryl methyl sites for hydroxylation is 1. The molecular formula is C20H20ClFN4O3S. The Morgan fingerprint density at radius 2 is 1.93 bits per heavy atom. The molecule has 0 aliphatic heterocycles. The smallest absolute Gasteiger partial charge is 0.253 e. The van der Waals surface area contributed by atoms with Crippen molar-refractivity contribution in [2.24, 2.45) is 7.05 Å². The number of carbonyl (C=O) groups is 1. The van der Waals surface area contributed by atoms with E-state index in [1.165, 1.54) is 6.20 Å². The molecule has 0 saturated heterocycles. The first kappa shape index (κ1) is 21.9. The van der Waals surface area contributed by atoms with Crippen molar-refractivity contribution in [1.29, 1.82) is 0 Å². The number of amides is 1. The minimum absolute atomic E-state index is 0.0954. The van der Waals surface area contributed by atoms with Gasteiger partial charge in [-0.2, -0.15) is 0 Å². The number of aromatic nitrogens is 2. The average Bonchev–Trinajstić information content (AvgIpc) is 3.05. The van der Waals surface area contributed by atoms with E-state index in [0.717, 1.165) is 29.6 Å². The van der Waals surface area contributed by atoms with Crippen LogP contribution in [-0.2, 0) is 30.2 Å². The van der Waals surface area contributed by atoms with Crippen LogP contribution >= 0.6 is 11.6 Å². The molecule has 3 aromatic rings. The summed E-state index contributed by atoms with van der Waals surface area (Å²) in [6.07, 6.45) is 1.38. The fourth-order valence-electron chi connectivity index (χ4n) is 2.68. The lowest BCUT2D eigenvalue weighted by molar-refractivity contribution is 0.0949. The molecule has 2 aromatic heterocycles. The van der Waals surface area contributed by atoms with Crippen molar-refractivity contribution in [1.82, 2.24) is 19.6 Å². The molecule has 0 radical (unpaired) electrons. The summed E-state index contributed by atoms with van der Waals surface area (Å²) < 4.78 is 42.2. The van der Waals surface area contributed by atoms with Crippen LogP contribution in [-0.4, -0.2) is 23.9 Å². The van der Waals surface area contributed by atoms with Crippen molar-refractivity contribution in [3.05, 3.63) is 82.1 Å². The summed E-state index contributed by atoms with van der Waals surface area (Å²) in [6, 6.07) is 10.2. The van der Waals surface area contributed by atoms with Crippen LogP contribution in [0.4, 0.5) is 4.39 Å². The summed E-state index contributed by atoms with van der Waals surface area (Å²) in [6.45, 7) is 2.26. The highest BCUT2D eigenvalue weighted by Gasteiger charge is 2.16. The maximum Gasteiger partial charge on any atom is 0.253 e. The Balaban J connectivity index is 1.59. The molecule has 0 saturated carbocycles. The minimum atomic E-state index is -3.89. The van der Waals surface area contributed by atoms with E-state index >= 15 is 0 Å². The number of halogens is 2. The van der Waals surface area contributed by atoms with Gasteiger partial charge in [-0.25, -0.2) is 17.5 Å². The van der Waals surface area contributed by atoms with Crippen molar-refractivity contribution in [2.45, 2.75) is 24.9 Å². The molecule has 0 bridgehead atoms. The predicted octanol–water partition coefficient (Wildman–Crippen LogP) is 2.93. The molecule has 0 aliphatic rings. The maximum absolute atomic E-state index is 13.2. The van der Waals surface area contributed by atoms with E-state index in [-0.39, 0.29) is 22.4 Å². The molecule has 7 nitrogen and oxygen atoms in total. The Kier molecular flexibility index (Phi) is 6.55. The van der Waals surface area contributed by atoms with Gasteiger partial charge in [-0.15, -0.1) is 0 Å². The van der Waals surface area contributed by atoms with E-state index in [9.17, 15) is 17.6 Å². The minimum Gasteiger partial charge on any atom is -0.350 e. The van der Waals surface area contributed by atoms with E-state index < -0.39 is 15.8 Å². The fraction of sp³-hybridized carbons (Fsp3) is 0.200. The molecule has 30 heavy (non-hydrogen) atoms. The summed E-state index contributed by atoms with van der Waals surface area (Å²) in [5, 5.41) is 2.54. The second-order valence-corrected chi connectivity index (χ2v) is 8.82. The lowest BCUT2D eigenvalue weighted by Gasteiger charge is -2.09. The summed E-state index contributed by atoms with van der Waals surface area (Å²) in [7, 11) is -1.96. The zero-order valence-electron chi connectivity index (χ0n) is 16.3. The number of nitrogens with zero attached hydrogens (tertiary/aromatic N) is 2. The van der Waals surface area contributed by atoms with Crippen LogP contribution in [0.15, 0.2) is 53.6 Å². The number of hydrogen-bond acceptors (Lipinski definition) is 4. The first-order valence-electron chi connectivity index (χ1n) is 8.96. The average molecular weight is 451 g/mol. The fourth-order valence-corrected chi connectivity index (χ4v) is 3.95. The van der Waals surface area contributed by atoms with Crippen molar-refractivity contribution < 1.29 is 17.6 Å². The van der Waals surface area contributed by atoms with Gasteiger partial charge in [-0.3, -0.25) is 9.78 Å². The second kappa shape index (κ2) is 8.95. The van der Waals surface area contributed by atoms with Crippen LogP contribution in [0.25, 0.3) is 0 Å². The third kappa shape index (κ3) is 5.05. The maximum atomic E-state index is 13.2. The monoisotopic (exact) mass is 450 g/mol. The summed E-state index contributed by atoms with van der Waals surface area (Å²) in [4.78, 5) is 16.3. The first-order valence-corrected chi connectivity index (χ1v) is 10.8. The van der Waals surface area contributed by atoms with Crippen LogP contribution in [0.3, 0.4) is 0 Å². The van der Waals surface area contributed by atoms with Gasteiger partial charge in [0.1, 0.15) is 5.82 Å². The van der Waals surface area contributed by atoms with Crippen LogP contribution in [0, 0.1) is 12.7 Å². The third-order valence-electron chi connectivity index (χ3n) is 4.64. The zero-order chi connectivity index (χ0) is 21.9. The molecule has 158 valence electrons. The molecule has 0 aliphatic carbocycles. The number of rotatable bonds is 7. The predicted molar refractivity (Wildman–Crippen MR) is 111 cm³/mol. The summed E-state index contributed by atoms with van der Waals surface area (Å²) in [5.74, 6) is -0.983. The number of pyridine rings is 1. The van der Waals surface area contributed by atoms with E-state index in [0.29, 0.717) is 17.8 Å².